The number of para-hydroxylation sites is 1. The normalized spacial score (nSPS) is 11.2. The van der Waals surface area contributed by atoms with E-state index in [1.54, 1.807) is 12.1 Å². The summed E-state index contributed by atoms with van der Waals surface area (Å²) in [5.74, 6) is 0.231. The molecule has 0 radical (unpaired) electrons. The van der Waals surface area contributed by atoms with Crippen molar-refractivity contribution in [2.24, 2.45) is 0 Å². The Morgan fingerprint density at radius 3 is 2.29 bits per heavy atom. The second-order valence-electron chi connectivity index (χ2n) is 5.80. The minimum absolute atomic E-state index is 0.231. The van der Waals surface area contributed by atoms with Crippen LogP contribution < -0.4 is 0 Å². The molecule has 0 aromatic heterocycles. The number of halogens is 1. The van der Waals surface area contributed by atoms with Crippen LogP contribution in [0.2, 0.25) is 5.02 Å². The van der Waals surface area contributed by atoms with Gasteiger partial charge in [0.25, 0.3) is 0 Å². The molecule has 3 heteroatoms. The van der Waals surface area contributed by atoms with Crippen LogP contribution in [0, 0.1) is 0 Å². The van der Waals surface area contributed by atoms with E-state index in [-0.39, 0.29) is 5.75 Å². The Bertz CT molecular complexity index is 775. The molecule has 0 bridgehead atoms. The molecular weight excluding hydrogens is 318 g/mol. The highest BCUT2D eigenvalue weighted by Crippen LogP contribution is 2.29. The molecule has 0 aliphatic heterocycles. The van der Waals surface area contributed by atoms with Gasteiger partial charge in [0.15, 0.2) is 0 Å². The number of phenols is 1. The fourth-order valence-corrected chi connectivity index (χ4v) is 2.46. The maximum Gasteiger partial charge on any atom is 0.123 e. The molecule has 2 rings (SSSR count). The maximum atomic E-state index is 10.0. The summed E-state index contributed by atoms with van der Waals surface area (Å²) in [5.41, 5.74) is 4.55. The van der Waals surface area contributed by atoms with Crippen LogP contribution in [0.5, 0.6) is 5.75 Å². The summed E-state index contributed by atoms with van der Waals surface area (Å²) < 4.78 is 0. The Kier molecular flexibility index (Phi) is 5.88. The van der Waals surface area contributed by atoms with Gasteiger partial charge in [-0.05, 0) is 48.8 Å². The second-order valence-corrected chi connectivity index (χ2v) is 6.23. The molecule has 1 N–H and O–H groups in total. The number of aromatic hydroxyl groups is 1. The predicted octanol–water partition coefficient (Wildman–Crippen LogP) is 6.00. The molecule has 0 heterocycles. The van der Waals surface area contributed by atoms with E-state index < -0.39 is 0 Å². The Labute approximate surface area is 149 Å². The van der Waals surface area contributed by atoms with E-state index in [4.69, 9.17) is 11.6 Å². The van der Waals surface area contributed by atoms with E-state index >= 15 is 0 Å². The summed E-state index contributed by atoms with van der Waals surface area (Å²) in [7, 11) is 0. The Morgan fingerprint density at radius 1 is 1.08 bits per heavy atom. The molecule has 0 aliphatic rings. The average Bonchev–Trinajstić information content (AvgIpc) is 2.55. The number of hydrogen-bond acceptors (Lipinski definition) is 2. The molecule has 0 saturated heterocycles. The van der Waals surface area contributed by atoms with E-state index in [1.165, 1.54) is 0 Å². The third kappa shape index (κ3) is 4.53. The fraction of sp³-hybridized carbons (Fsp3) is 0.143. The lowest BCUT2D eigenvalue weighted by molar-refractivity contribution is 0.459. The van der Waals surface area contributed by atoms with Crippen molar-refractivity contribution in [2.45, 2.75) is 20.4 Å². The summed E-state index contributed by atoms with van der Waals surface area (Å²) in [6.07, 6.45) is 2.01. The number of nitrogens with zero attached hydrogens (tertiary/aromatic N) is 1. The van der Waals surface area contributed by atoms with Gasteiger partial charge in [-0.25, -0.2) is 0 Å². The number of rotatable bonds is 6. The van der Waals surface area contributed by atoms with Gasteiger partial charge in [0.2, 0.25) is 0 Å². The minimum Gasteiger partial charge on any atom is -0.507 e. The van der Waals surface area contributed by atoms with E-state index in [0.717, 1.165) is 33.0 Å². The predicted molar refractivity (Wildman–Crippen MR) is 103 cm³/mol. The van der Waals surface area contributed by atoms with Gasteiger partial charge < -0.3 is 10.0 Å². The Hall–Kier alpha value is -2.45. The minimum atomic E-state index is 0.231. The molecule has 24 heavy (non-hydrogen) atoms. The molecule has 0 unspecified atom stereocenters. The van der Waals surface area contributed by atoms with Crippen molar-refractivity contribution in [3.63, 3.8) is 0 Å². The van der Waals surface area contributed by atoms with Crippen LogP contribution in [0.1, 0.15) is 25.0 Å². The zero-order valence-corrected chi connectivity index (χ0v) is 14.8. The number of hydrogen-bond donors (Lipinski definition) is 1. The van der Waals surface area contributed by atoms with Gasteiger partial charge in [-0.15, -0.1) is 0 Å². The SMILES string of the molecule is C=C(/C(C)=C/N(Cc1ccc(Cl)cc1)C(=C)C)c1ccccc1O. The van der Waals surface area contributed by atoms with Crippen molar-refractivity contribution in [2.75, 3.05) is 0 Å². The molecule has 0 amide bonds. The number of allylic oxidation sites excluding steroid dienone is 3. The van der Waals surface area contributed by atoms with Crippen molar-refractivity contribution in [3.8, 4) is 5.75 Å². The van der Waals surface area contributed by atoms with Crippen LogP contribution >= 0.6 is 11.6 Å². The quantitative estimate of drug-likeness (QED) is 0.652. The fourth-order valence-electron chi connectivity index (χ4n) is 2.33. The van der Waals surface area contributed by atoms with Crippen LogP contribution in [0.4, 0.5) is 0 Å². The summed E-state index contributed by atoms with van der Waals surface area (Å²) >= 11 is 5.94. The highest BCUT2D eigenvalue weighted by molar-refractivity contribution is 6.30. The zero-order valence-electron chi connectivity index (χ0n) is 14.1. The van der Waals surface area contributed by atoms with E-state index in [9.17, 15) is 5.11 Å². The van der Waals surface area contributed by atoms with Crippen LogP contribution in [-0.2, 0) is 6.54 Å². The van der Waals surface area contributed by atoms with Gasteiger partial charge in [0.05, 0.1) is 0 Å². The molecule has 2 aromatic carbocycles. The monoisotopic (exact) mass is 339 g/mol. The van der Waals surface area contributed by atoms with Crippen molar-refractivity contribution in [1.82, 2.24) is 4.90 Å². The van der Waals surface area contributed by atoms with Crippen LogP contribution in [-0.4, -0.2) is 10.0 Å². The molecule has 124 valence electrons. The van der Waals surface area contributed by atoms with Crippen molar-refractivity contribution >= 4 is 17.2 Å². The first-order valence-corrected chi connectivity index (χ1v) is 8.09. The zero-order chi connectivity index (χ0) is 17.7. The largest absolute Gasteiger partial charge is 0.507 e. The molecular formula is C21H22ClNO. The van der Waals surface area contributed by atoms with Gasteiger partial charge in [0, 0.05) is 29.0 Å². The first-order valence-electron chi connectivity index (χ1n) is 7.71. The van der Waals surface area contributed by atoms with Crippen LogP contribution in [0.15, 0.2) is 79.2 Å². The van der Waals surface area contributed by atoms with Gasteiger partial charge in [-0.1, -0.05) is 55.1 Å². The molecule has 2 aromatic rings. The van der Waals surface area contributed by atoms with Crippen molar-refractivity contribution < 1.29 is 5.11 Å². The highest BCUT2D eigenvalue weighted by atomic mass is 35.5. The maximum absolute atomic E-state index is 10.0. The van der Waals surface area contributed by atoms with Gasteiger partial charge in [-0.3, -0.25) is 0 Å². The van der Waals surface area contributed by atoms with Gasteiger partial charge in [-0.2, -0.15) is 0 Å². The summed E-state index contributed by atoms with van der Waals surface area (Å²) in [5, 5.41) is 10.7. The van der Waals surface area contributed by atoms with Crippen molar-refractivity contribution in [1.29, 1.82) is 0 Å². The molecule has 0 saturated carbocycles. The van der Waals surface area contributed by atoms with Crippen LogP contribution in [0.3, 0.4) is 0 Å². The third-order valence-corrected chi connectivity index (χ3v) is 4.06. The molecule has 0 aliphatic carbocycles. The van der Waals surface area contributed by atoms with Crippen LogP contribution in [0.25, 0.3) is 5.57 Å². The molecule has 0 fully saturated rings. The topological polar surface area (TPSA) is 23.5 Å². The Morgan fingerprint density at radius 2 is 1.71 bits per heavy atom. The first-order chi connectivity index (χ1) is 11.4. The smallest absolute Gasteiger partial charge is 0.123 e. The van der Waals surface area contributed by atoms with Gasteiger partial charge >= 0.3 is 0 Å². The lowest BCUT2D eigenvalue weighted by Crippen LogP contribution is -2.14. The lowest BCUT2D eigenvalue weighted by Gasteiger charge is -2.22. The Balaban J connectivity index is 2.23. The first kappa shape index (κ1) is 17.9. The van der Waals surface area contributed by atoms with E-state index in [0.29, 0.717) is 6.54 Å². The van der Waals surface area contributed by atoms with Crippen molar-refractivity contribution in [3.05, 3.63) is 95.3 Å². The second kappa shape index (κ2) is 7.89. The van der Waals surface area contributed by atoms with E-state index in [2.05, 4.69) is 18.1 Å². The number of phenolic OH excluding ortho intramolecular Hbond substituents is 1. The summed E-state index contributed by atoms with van der Waals surface area (Å²) in [4.78, 5) is 2.06. The van der Waals surface area contributed by atoms with E-state index in [1.807, 2.05) is 56.4 Å². The van der Waals surface area contributed by atoms with Gasteiger partial charge in [0.1, 0.15) is 5.75 Å². The summed E-state index contributed by atoms with van der Waals surface area (Å²) in [6, 6.07) is 15.0. The lowest BCUT2D eigenvalue weighted by atomic mass is 10.0. The standard InChI is InChI=1S/C21H22ClNO/c1-15(2)23(14-18-9-11-19(22)12-10-18)13-16(3)17(4)20-7-5-6-8-21(20)24/h5-13,24H,1,4,14H2,2-3H3/b16-13+. The average molecular weight is 340 g/mol. The summed E-state index contributed by atoms with van der Waals surface area (Å²) in [6.45, 7) is 12.8. The number of benzene rings is 2. The highest BCUT2D eigenvalue weighted by Gasteiger charge is 2.09. The third-order valence-electron chi connectivity index (χ3n) is 3.81. The molecule has 0 atom stereocenters. The molecule has 2 nitrogen and oxygen atoms in total. The molecule has 0 spiro atoms.